The third-order valence-corrected chi connectivity index (χ3v) is 8.19. The second-order valence-electron chi connectivity index (χ2n) is 10.4. The van der Waals surface area contributed by atoms with Gasteiger partial charge in [0.1, 0.15) is 22.7 Å². The first kappa shape index (κ1) is 29.4. The number of aryl methyl sites for hydroxylation is 1. The van der Waals surface area contributed by atoms with Crippen LogP contribution in [0.3, 0.4) is 0 Å². The van der Waals surface area contributed by atoms with Gasteiger partial charge in [0.25, 0.3) is 11.5 Å². The monoisotopic (exact) mass is 602 g/mol. The molecule has 1 saturated heterocycles. The lowest BCUT2D eigenvalue weighted by Crippen LogP contribution is -2.35. The highest BCUT2D eigenvalue weighted by molar-refractivity contribution is 7.97. The lowest BCUT2D eigenvalue weighted by atomic mass is 9.94. The molecule has 0 radical (unpaired) electrons. The van der Waals surface area contributed by atoms with Crippen molar-refractivity contribution in [2.45, 2.75) is 38.6 Å². The average Bonchev–Trinajstić information content (AvgIpc) is 3.00. The molecule has 1 fully saturated rings. The summed E-state index contributed by atoms with van der Waals surface area (Å²) in [6.45, 7) is 5.50. The van der Waals surface area contributed by atoms with Crippen molar-refractivity contribution in [3.8, 4) is 6.07 Å². The highest BCUT2D eigenvalue weighted by Gasteiger charge is 2.26. The van der Waals surface area contributed by atoms with E-state index >= 15 is 0 Å². The fourth-order valence-electron chi connectivity index (χ4n) is 5.48. The molecule has 4 aromatic rings. The zero-order valence-corrected chi connectivity index (χ0v) is 25.4. The Morgan fingerprint density at radius 2 is 1.95 bits per heavy atom. The Kier molecular flexibility index (Phi) is 8.66. The number of carbonyl (C=O) groups is 1. The molecule has 3 aromatic heterocycles. The summed E-state index contributed by atoms with van der Waals surface area (Å²) in [5, 5.41) is 13.2. The number of anilines is 2. The van der Waals surface area contributed by atoms with Gasteiger partial charge in [0.05, 0.1) is 34.5 Å². The molecule has 1 aromatic carbocycles. The Morgan fingerprint density at radius 1 is 1.19 bits per heavy atom. The van der Waals surface area contributed by atoms with Gasteiger partial charge >= 0.3 is 0 Å². The van der Waals surface area contributed by atoms with E-state index in [1.54, 1.807) is 42.3 Å². The zero-order chi connectivity index (χ0) is 30.0. The molecule has 1 atom stereocenters. The van der Waals surface area contributed by atoms with E-state index in [-0.39, 0.29) is 34.3 Å². The fourth-order valence-corrected chi connectivity index (χ4v) is 5.91. The molecule has 10 nitrogen and oxygen atoms in total. The van der Waals surface area contributed by atoms with Crippen LogP contribution in [0.25, 0.3) is 10.9 Å². The number of rotatable bonds is 7. The number of hydrogen-bond donors (Lipinski definition) is 2. The second-order valence-corrected chi connectivity index (χ2v) is 11.4. The predicted octanol–water partition coefficient (Wildman–Crippen LogP) is 5.12. The van der Waals surface area contributed by atoms with Crippen molar-refractivity contribution in [3.63, 3.8) is 0 Å². The summed E-state index contributed by atoms with van der Waals surface area (Å²) in [7, 11) is 1.79. The summed E-state index contributed by atoms with van der Waals surface area (Å²) < 4.78 is 4.38. The second kappa shape index (κ2) is 12.4. The summed E-state index contributed by atoms with van der Waals surface area (Å²) in [4.78, 5) is 42.1. The van der Waals surface area contributed by atoms with E-state index in [2.05, 4.69) is 31.0 Å². The number of nitrogens with zero attached hydrogens (tertiary/aromatic N) is 6. The van der Waals surface area contributed by atoms with E-state index in [9.17, 15) is 9.59 Å². The molecular weight excluding hydrogens is 572 g/mol. The molecule has 5 rings (SSSR count). The topological polar surface area (TPSA) is 129 Å². The molecule has 216 valence electrons. The van der Waals surface area contributed by atoms with Crippen LogP contribution < -0.4 is 20.5 Å². The van der Waals surface area contributed by atoms with E-state index in [4.69, 9.17) is 21.8 Å². The lowest BCUT2D eigenvalue weighted by molar-refractivity contribution is 0.0980. The third kappa shape index (κ3) is 5.91. The van der Waals surface area contributed by atoms with Gasteiger partial charge in [-0.05, 0) is 62.6 Å². The van der Waals surface area contributed by atoms with Gasteiger partial charge in [-0.1, -0.05) is 29.6 Å². The first-order valence-electron chi connectivity index (χ1n) is 13.6. The third-order valence-electron chi connectivity index (χ3n) is 7.59. The Morgan fingerprint density at radius 3 is 2.62 bits per heavy atom. The molecule has 0 spiro atoms. The number of pyridine rings is 2. The minimum absolute atomic E-state index is 0.0842. The van der Waals surface area contributed by atoms with E-state index in [1.807, 2.05) is 32.0 Å². The number of aromatic nitrogens is 4. The zero-order valence-electron chi connectivity index (χ0n) is 23.8. The van der Waals surface area contributed by atoms with Crippen molar-refractivity contribution in [2.24, 2.45) is 7.05 Å². The first-order chi connectivity index (χ1) is 20.2. The Balaban J connectivity index is 1.46. The van der Waals surface area contributed by atoms with Crippen molar-refractivity contribution in [1.29, 1.82) is 5.26 Å². The van der Waals surface area contributed by atoms with Gasteiger partial charge in [0.2, 0.25) is 0 Å². The highest BCUT2D eigenvalue weighted by Crippen LogP contribution is 2.32. The molecule has 12 heteroatoms. The number of halogens is 1. The number of fused-ring (bicyclic) bond motifs is 1. The molecule has 1 amide bonds. The Labute approximate surface area is 253 Å². The predicted molar refractivity (Wildman–Crippen MR) is 167 cm³/mol. The summed E-state index contributed by atoms with van der Waals surface area (Å²) >= 11 is 7.28. The van der Waals surface area contributed by atoms with Crippen LogP contribution in [-0.2, 0) is 7.05 Å². The van der Waals surface area contributed by atoms with E-state index in [0.717, 1.165) is 48.6 Å². The van der Waals surface area contributed by atoms with Gasteiger partial charge in [-0.2, -0.15) is 5.26 Å². The van der Waals surface area contributed by atoms with Crippen LogP contribution in [0.5, 0.6) is 0 Å². The summed E-state index contributed by atoms with van der Waals surface area (Å²) in [6.07, 6.45) is 5.14. The molecule has 1 aliphatic rings. The van der Waals surface area contributed by atoms with Gasteiger partial charge in [-0.3, -0.25) is 18.9 Å². The van der Waals surface area contributed by atoms with Crippen LogP contribution in [-0.4, -0.2) is 44.8 Å². The van der Waals surface area contributed by atoms with Crippen molar-refractivity contribution in [1.82, 2.24) is 24.2 Å². The van der Waals surface area contributed by atoms with Gasteiger partial charge in [-0.15, -0.1) is 0 Å². The number of carbonyl (C=O) groups excluding carboxylic acids is 1. The van der Waals surface area contributed by atoms with Crippen LogP contribution in [0, 0.1) is 18.3 Å². The normalized spacial score (nSPS) is 14.4. The molecule has 1 aliphatic heterocycles. The summed E-state index contributed by atoms with van der Waals surface area (Å²) in [5.41, 5.74) is 4.45. The fraction of sp³-hybridized carbons (Fsp3) is 0.333. The Hall–Kier alpha value is -4.14. The van der Waals surface area contributed by atoms with E-state index in [0.29, 0.717) is 22.3 Å². The molecule has 2 N–H and O–H groups in total. The first-order valence-corrected chi connectivity index (χ1v) is 15.2. The maximum Gasteiger partial charge on any atom is 0.281 e. The maximum atomic E-state index is 13.7. The maximum absolute atomic E-state index is 13.7. The van der Waals surface area contributed by atoms with E-state index in [1.165, 1.54) is 11.9 Å². The summed E-state index contributed by atoms with van der Waals surface area (Å²) in [5.74, 6) is 0.510. The molecular formula is C30H31ClN8O2S. The van der Waals surface area contributed by atoms with Crippen LogP contribution >= 0.6 is 23.5 Å². The SMILES string of the molecule is CSNC(=O)c1nc(Cl)ccc1NC(C)c1cc(C)cc2c(=O)n(C)c(C3CCN(c4ccc(C#N)nc4)CC3)nc12. The number of amides is 1. The van der Waals surface area contributed by atoms with Crippen molar-refractivity contribution in [2.75, 3.05) is 29.6 Å². The van der Waals surface area contributed by atoms with Crippen LogP contribution in [0.4, 0.5) is 11.4 Å². The quantitative estimate of drug-likeness (QED) is 0.219. The van der Waals surface area contributed by atoms with Crippen LogP contribution in [0.15, 0.2) is 47.4 Å². The summed E-state index contributed by atoms with van der Waals surface area (Å²) in [6, 6.07) is 12.7. The number of nitrogens with one attached hydrogen (secondary N) is 2. The number of piperidine rings is 1. The van der Waals surface area contributed by atoms with E-state index < -0.39 is 0 Å². The number of hydrogen-bond acceptors (Lipinski definition) is 9. The van der Waals surface area contributed by atoms with Crippen molar-refractivity contribution >= 4 is 51.7 Å². The van der Waals surface area contributed by atoms with Gasteiger partial charge in [-0.25, -0.2) is 15.0 Å². The lowest BCUT2D eigenvalue weighted by Gasteiger charge is -2.33. The Bertz CT molecular complexity index is 1740. The molecule has 4 heterocycles. The molecule has 0 saturated carbocycles. The minimum atomic E-state index is -0.355. The van der Waals surface area contributed by atoms with Crippen LogP contribution in [0.2, 0.25) is 5.15 Å². The van der Waals surface area contributed by atoms with Gasteiger partial charge in [0.15, 0.2) is 5.69 Å². The molecule has 0 bridgehead atoms. The standard InChI is InChI=1S/C30H31ClN8O2S/c1-17-13-22(18(2)34-24-7-8-25(31)35-27(24)29(40)37-42-4)26-23(14-17)30(41)38(3)28(36-26)19-9-11-39(12-10-19)21-6-5-20(15-32)33-16-21/h5-8,13-14,16,18-19,34H,9-12H2,1-4H3,(H,37,40). The minimum Gasteiger partial charge on any atom is -0.377 e. The number of benzene rings is 1. The van der Waals surface area contributed by atoms with Crippen molar-refractivity contribution in [3.05, 3.63) is 86.4 Å². The van der Waals surface area contributed by atoms with Gasteiger partial charge in [0, 0.05) is 37.9 Å². The van der Waals surface area contributed by atoms with Crippen LogP contribution in [0.1, 0.15) is 64.9 Å². The smallest absolute Gasteiger partial charge is 0.281 e. The highest BCUT2D eigenvalue weighted by atomic mass is 35.5. The van der Waals surface area contributed by atoms with Gasteiger partial charge < -0.3 is 10.2 Å². The average molecular weight is 603 g/mol. The largest absolute Gasteiger partial charge is 0.377 e. The molecule has 1 unspecified atom stereocenters. The van der Waals surface area contributed by atoms with Crippen molar-refractivity contribution < 1.29 is 4.79 Å². The number of nitriles is 1. The molecule has 42 heavy (non-hydrogen) atoms. The molecule has 0 aliphatic carbocycles.